The van der Waals surface area contributed by atoms with Gasteiger partial charge in [0.05, 0.1) is 24.5 Å². The fraction of sp³-hybridized carbons (Fsp3) is 0.400. The van der Waals surface area contributed by atoms with Crippen LogP contribution in [0.5, 0.6) is 0 Å². The second-order valence-corrected chi connectivity index (χ2v) is 9.61. The Morgan fingerprint density at radius 1 is 1.15 bits per heavy atom. The highest BCUT2D eigenvalue weighted by Gasteiger charge is 2.38. The highest BCUT2D eigenvalue weighted by Crippen LogP contribution is 2.45. The van der Waals surface area contributed by atoms with Crippen LogP contribution in [-0.2, 0) is 25.5 Å². The number of fused-ring (bicyclic) bond motifs is 1. The maximum Gasteiger partial charge on any atom is 0.260 e. The summed E-state index contributed by atoms with van der Waals surface area (Å²) in [5.74, 6) is -0.163. The molecule has 6 nitrogen and oxygen atoms in total. The molecule has 33 heavy (non-hydrogen) atoms. The molecule has 0 bridgehead atoms. The van der Waals surface area contributed by atoms with Crippen LogP contribution in [0, 0.1) is 5.82 Å². The maximum absolute atomic E-state index is 13.6. The largest absolute Gasteiger partial charge is 0.482 e. The molecule has 2 aromatic rings. The summed E-state index contributed by atoms with van der Waals surface area (Å²) in [6.07, 6.45) is 1.94. The van der Waals surface area contributed by atoms with E-state index < -0.39 is 5.60 Å². The topological polar surface area (TPSA) is 60.0 Å². The van der Waals surface area contributed by atoms with Crippen LogP contribution in [0.15, 0.2) is 41.5 Å². The van der Waals surface area contributed by atoms with Crippen LogP contribution < -0.4 is 5.32 Å². The van der Waals surface area contributed by atoms with E-state index in [1.54, 1.807) is 31.6 Å². The van der Waals surface area contributed by atoms with Crippen molar-refractivity contribution < 1.29 is 23.4 Å². The Kier molecular flexibility index (Phi) is 6.99. The van der Waals surface area contributed by atoms with E-state index in [4.69, 9.17) is 14.2 Å². The lowest BCUT2D eigenvalue weighted by molar-refractivity contribution is -0.111. The second kappa shape index (κ2) is 9.77. The summed E-state index contributed by atoms with van der Waals surface area (Å²) in [6.45, 7) is 7.78. The van der Waals surface area contributed by atoms with Crippen LogP contribution in [-0.4, -0.2) is 56.9 Å². The van der Waals surface area contributed by atoms with E-state index >= 15 is 0 Å². The number of rotatable bonds is 9. The average molecular weight is 473 g/mol. The zero-order chi connectivity index (χ0) is 23.6. The second-order valence-electron chi connectivity index (χ2n) is 8.62. The standard InChI is InChI=1S/C25H29FN2O4S/c1-25(2)20(16-11-18(33-15-16)14-28(7-9-30-3)8-10-31-4)13-22(32-25)23-19-6-5-17(26)12-21(19)27-24(23)29/h5-6,11-13,15H,7-10,14H2,1-4H3,(H,27,29)/b23-22+. The van der Waals surface area contributed by atoms with Crippen molar-refractivity contribution in [3.05, 3.63) is 63.3 Å². The van der Waals surface area contributed by atoms with Gasteiger partial charge in [0.25, 0.3) is 5.91 Å². The fourth-order valence-corrected chi connectivity index (χ4v) is 5.07. The third-order valence-electron chi connectivity index (χ3n) is 5.83. The SMILES string of the molecule is COCCN(CCOC)Cc1cc(C2=C/C(=C3\C(=O)Nc4cc(F)ccc43)OC2(C)C)cs1. The number of halogens is 1. The lowest BCUT2D eigenvalue weighted by Gasteiger charge is -2.23. The van der Waals surface area contributed by atoms with Crippen molar-refractivity contribution >= 4 is 34.1 Å². The van der Waals surface area contributed by atoms with Gasteiger partial charge in [-0.1, -0.05) is 0 Å². The smallest absolute Gasteiger partial charge is 0.260 e. The summed E-state index contributed by atoms with van der Waals surface area (Å²) in [5, 5.41) is 4.86. The van der Waals surface area contributed by atoms with Crippen molar-refractivity contribution in [3.8, 4) is 0 Å². The minimum absolute atomic E-state index is 0.281. The number of anilines is 1. The molecule has 0 saturated carbocycles. The Hall–Kier alpha value is -2.52. The first kappa shape index (κ1) is 23.6. The first-order valence-electron chi connectivity index (χ1n) is 10.9. The summed E-state index contributed by atoms with van der Waals surface area (Å²) in [4.78, 5) is 16.2. The minimum atomic E-state index is -0.602. The highest BCUT2D eigenvalue weighted by atomic mass is 32.1. The van der Waals surface area contributed by atoms with Gasteiger partial charge >= 0.3 is 0 Å². The molecule has 1 aromatic heterocycles. The van der Waals surface area contributed by atoms with Crippen molar-refractivity contribution in [2.75, 3.05) is 45.8 Å². The number of allylic oxidation sites excluding steroid dienone is 1. The van der Waals surface area contributed by atoms with Gasteiger partial charge in [0.2, 0.25) is 0 Å². The molecule has 8 heteroatoms. The summed E-state index contributed by atoms with van der Waals surface area (Å²) in [6, 6.07) is 6.48. The molecular formula is C25H29FN2O4S. The quantitative estimate of drug-likeness (QED) is 0.543. The van der Waals surface area contributed by atoms with Gasteiger partial charge in [0.15, 0.2) is 0 Å². The van der Waals surface area contributed by atoms with Gasteiger partial charge in [0, 0.05) is 49.9 Å². The Morgan fingerprint density at radius 3 is 2.58 bits per heavy atom. The fourth-order valence-electron chi connectivity index (χ4n) is 4.14. The predicted molar refractivity (Wildman–Crippen MR) is 128 cm³/mol. The van der Waals surface area contributed by atoms with E-state index in [-0.39, 0.29) is 11.7 Å². The number of carbonyl (C=O) groups is 1. The molecule has 0 fully saturated rings. The van der Waals surface area contributed by atoms with E-state index in [2.05, 4.69) is 21.7 Å². The van der Waals surface area contributed by atoms with Crippen LogP contribution in [0.25, 0.3) is 11.1 Å². The van der Waals surface area contributed by atoms with Gasteiger partial charge in [-0.05, 0) is 55.1 Å². The summed E-state index contributed by atoms with van der Waals surface area (Å²) in [7, 11) is 3.41. The number of amides is 1. The molecule has 0 saturated heterocycles. The number of nitrogens with zero attached hydrogens (tertiary/aromatic N) is 1. The van der Waals surface area contributed by atoms with Crippen molar-refractivity contribution in [2.45, 2.75) is 26.0 Å². The predicted octanol–water partition coefficient (Wildman–Crippen LogP) is 4.54. The molecule has 2 aliphatic rings. The molecule has 4 rings (SSSR count). The molecule has 1 aromatic carbocycles. The molecule has 0 atom stereocenters. The molecule has 176 valence electrons. The van der Waals surface area contributed by atoms with Crippen LogP contribution in [0.4, 0.5) is 10.1 Å². The van der Waals surface area contributed by atoms with Crippen molar-refractivity contribution in [3.63, 3.8) is 0 Å². The number of benzene rings is 1. The summed E-state index contributed by atoms with van der Waals surface area (Å²) in [5.41, 5.74) is 3.05. The molecule has 0 spiro atoms. The van der Waals surface area contributed by atoms with Gasteiger partial charge in [-0.3, -0.25) is 9.69 Å². The highest BCUT2D eigenvalue weighted by molar-refractivity contribution is 7.10. The van der Waals surface area contributed by atoms with Gasteiger partial charge in [-0.25, -0.2) is 4.39 Å². The zero-order valence-electron chi connectivity index (χ0n) is 19.4. The molecule has 1 amide bonds. The first-order valence-corrected chi connectivity index (χ1v) is 11.7. The number of hydrogen-bond donors (Lipinski definition) is 1. The van der Waals surface area contributed by atoms with Crippen LogP contribution >= 0.6 is 11.3 Å². The Morgan fingerprint density at radius 2 is 1.88 bits per heavy atom. The Balaban J connectivity index is 1.61. The molecule has 3 heterocycles. The third-order valence-corrected chi connectivity index (χ3v) is 6.75. The monoisotopic (exact) mass is 472 g/mol. The molecule has 0 unspecified atom stereocenters. The third kappa shape index (κ3) is 5.04. The number of thiophene rings is 1. The molecule has 0 aliphatic carbocycles. The van der Waals surface area contributed by atoms with E-state index in [0.717, 1.165) is 30.8 Å². The number of carbonyl (C=O) groups excluding carboxylic acids is 1. The van der Waals surface area contributed by atoms with Gasteiger partial charge < -0.3 is 19.5 Å². The van der Waals surface area contributed by atoms with E-state index in [9.17, 15) is 9.18 Å². The zero-order valence-corrected chi connectivity index (χ0v) is 20.2. The molecule has 1 N–H and O–H groups in total. The normalized spacial score (nSPS) is 19.0. The van der Waals surface area contributed by atoms with Crippen LogP contribution in [0.1, 0.15) is 29.9 Å². The first-order chi connectivity index (χ1) is 15.8. The lowest BCUT2D eigenvalue weighted by atomic mass is 9.94. The van der Waals surface area contributed by atoms with Crippen molar-refractivity contribution in [1.29, 1.82) is 0 Å². The van der Waals surface area contributed by atoms with Gasteiger partial charge in [0.1, 0.15) is 17.2 Å². The molecule has 2 aliphatic heterocycles. The number of nitrogens with one attached hydrogen (secondary N) is 1. The van der Waals surface area contributed by atoms with E-state index in [1.807, 2.05) is 19.9 Å². The number of hydrogen-bond acceptors (Lipinski definition) is 6. The molecular weight excluding hydrogens is 443 g/mol. The van der Waals surface area contributed by atoms with Crippen molar-refractivity contribution in [2.24, 2.45) is 0 Å². The molecule has 0 radical (unpaired) electrons. The number of ether oxygens (including phenoxy) is 3. The van der Waals surface area contributed by atoms with Crippen LogP contribution in [0.2, 0.25) is 0 Å². The average Bonchev–Trinajstić information content (AvgIpc) is 3.43. The lowest BCUT2D eigenvalue weighted by Crippen LogP contribution is -2.30. The number of methoxy groups -OCH3 is 2. The van der Waals surface area contributed by atoms with Crippen LogP contribution in [0.3, 0.4) is 0 Å². The minimum Gasteiger partial charge on any atom is -0.482 e. The summed E-state index contributed by atoms with van der Waals surface area (Å²) < 4.78 is 30.3. The Labute approximate surface area is 197 Å². The van der Waals surface area contributed by atoms with E-state index in [0.29, 0.717) is 35.8 Å². The Bertz CT molecular complexity index is 1100. The van der Waals surface area contributed by atoms with Gasteiger partial charge in [-0.15, -0.1) is 11.3 Å². The summed E-state index contributed by atoms with van der Waals surface area (Å²) >= 11 is 1.70. The van der Waals surface area contributed by atoms with Crippen molar-refractivity contribution in [1.82, 2.24) is 4.90 Å². The van der Waals surface area contributed by atoms with Gasteiger partial charge in [-0.2, -0.15) is 0 Å². The maximum atomic E-state index is 13.6. The van der Waals surface area contributed by atoms with E-state index in [1.165, 1.54) is 17.0 Å².